The van der Waals surface area contributed by atoms with Crippen molar-refractivity contribution in [1.82, 2.24) is 4.57 Å². The van der Waals surface area contributed by atoms with Gasteiger partial charge in [-0.2, -0.15) is 0 Å². The van der Waals surface area contributed by atoms with Crippen molar-refractivity contribution in [2.45, 2.75) is 39.8 Å². The molecule has 0 N–H and O–H groups in total. The van der Waals surface area contributed by atoms with Gasteiger partial charge in [0.2, 0.25) is 6.33 Å². The van der Waals surface area contributed by atoms with Crippen molar-refractivity contribution >= 4 is 0 Å². The molecular weight excluding hydrogens is 268 g/mol. The minimum atomic E-state index is 0.629. The highest BCUT2D eigenvalue weighted by Crippen LogP contribution is 2.02. The van der Waals surface area contributed by atoms with E-state index in [4.69, 9.17) is 14.2 Å². The third kappa shape index (κ3) is 9.61. The van der Waals surface area contributed by atoms with Crippen LogP contribution in [0.3, 0.4) is 0 Å². The first-order valence-corrected chi connectivity index (χ1v) is 7.91. The van der Waals surface area contributed by atoms with Gasteiger partial charge >= 0.3 is 0 Å². The van der Waals surface area contributed by atoms with Gasteiger partial charge in [0.25, 0.3) is 0 Å². The summed E-state index contributed by atoms with van der Waals surface area (Å²) in [6.07, 6.45) is 8.91. The summed E-state index contributed by atoms with van der Waals surface area (Å²) in [4.78, 5) is 0. The number of aromatic nitrogens is 2. The lowest BCUT2D eigenvalue weighted by atomic mass is 10.1. The Labute approximate surface area is 128 Å². The summed E-state index contributed by atoms with van der Waals surface area (Å²) in [6.45, 7) is 9.78. The predicted molar refractivity (Wildman–Crippen MR) is 82.2 cm³/mol. The van der Waals surface area contributed by atoms with Crippen molar-refractivity contribution in [2.75, 3.05) is 40.1 Å². The monoisotopic (exact) mass is 299 g/mol. The van der Waals surface area contributed by atoms with Crippen LogP contribution in [0.1, 0.15) is 26.7 Å². The van der Waals surface area contributed by atoms with Crippen LogP contribution in [0, 0.1) is 5.92 Å². The Morgan fingerprint density at radius 2 is 1.76 bits per heavy atom. The van der Waals surface area contributed by atoms with Gasteiger partial charge < -0.3 is 14.2 Å². The molecule has 1 aromatic rings. The molecule has 0 aromatic carbocycles. The minimum Gasteiger partial charge on any atom is -0.382 e. The van der Waals surface area contributed by atoms with E-state index < -0.39 is 0 Å². The molecule has 5 heteroatoms. The second-order valence-electron chi connectivity index (χ2n) is 5.64. The standard InChI is InChI=1S/C16H31N2O3/c1-16(2)5-4-6-17-7-8-18(15-17)9-10-20-13-14-21-12-11-19-3/h7-8,15-16H,4-6,9-14H2,1-3H3/q+1. The molecule has 122 valence electrons. The molecule has 0 atom stereocenters. The van der Waals surface area contributed by atoms with Crippen molar-refractivity contribution in [1.29, 1.82) is 0 Å². The van der Waals surface area contributed by atoms with Gasteiger partial charge in [-0.1, -0.05) is 13.8 Å². The topological polar surface area (TPSA) is 36.5 Å². The normalized spacial score (nSPS) is 11.4. The molecular formula is C16H31N2O3+. The van der Waals surface area contributed by atoms with E-state index in [1.165, 1.54) is 12.8 Å². The van der Waals surface area contributed by atoms with Gasteiger partial charge in [-0.05, 0) is 18.8 Å². The number of nitrogens with zero attached hydrogens (tertiary/aromatic N) is 2. The zero-order valence-electron chi connectivity index (χ0n) is 13.8. The Morgan fingerprint density at radius 1 is 1.05 bits per heavy atom. The van der Waals surface area contributed by atoms with Gasteiger partial charge in [0.05, 0.1) is 39.6 Å². The number of rotatable bonds is 13. The lowest BCUT2D eigenvalue weighted by molar-refractivity contribution is -0.697. The lowest BCUT2D eigenvalue weighted by Gasteiger charge is -2.04. The van der Waals surface area contributed by atoms with Crippen LogP contribution < -0.4 is 4.57 Å². The molecule has 1 aromatic heterocycles. The fourth-order valence-electron chi connectivity index (χ4n) is 2.02. The summed E-state index contributed by atoms with van der Waals surface area (Å²) in [5.41, 5.74) is 0. The molecule has 0 unspecified atom stereocenters. The van der Waals surface area contributed by atoms with Crippen LogP contribution >= 0.6 is 0 Å². The molecule has 0 aliphatic carbocycles. The lowest BCUT2D eigenvalue weighted by Crippen LogP contribution is -2.31. The minimum absolute atomic E-state index is 0.629. The molecule has 0 saturated heterocycles. The summed E-state index contributed by atoms with van der Waals surface area (Å²) < 4.78 is 20.2. The smallest absolute Gasteiger partial charge is 0.243 e. The van der Waals surface area contributed by atoms with E-state index in [2.05, 4.69) is 41.7 Å². The first-order chi connectivity index (χ1) is 10.2. The third-order valence-electron chi connectivity index (χ3n) is 3.24. The van der Waals surface area contributed by atoms with Gasteiger partial charge in [-0.25, -0.2) is 9.13 Å². The van der Waals surface area contributed by atoms with Crippen molar-refractivity contribution in [2.24, 2.45) is 5.92 Å². The SMILES string of the molecule is COCCOCCOCCn1cc[n+](CCCC(C)C)c1. The summed E-state index contributed by atoms with van der Waals surface area (Å²) in [6, 6.07) is 0. The maximum absolute atomic E-state index is 5.54. The van der Waals surface area contributed by atoms with E-state index in [0.717, 1.165) is 19.0 Å². The zero-order valence-corrected chi connectivity index (χ0v) is 13.8. The maximum atomic E-state index is 5.54. The van der Waals surface area contributed by atoms with Crippen molar-refractivity contribution in [3.05, 3.63) is 18.7 Å². The average molecular weight is 299 g/mol. The Morgan fingerprint density at radius 3 is 2.48 bits per heavy atom. The van der Waals surface area contributed by atoms with E-state index in [-0.39, 0.29) is 0 Å². The fourth-order valence-corrected chi connectivity index (χ4v) is 2.02. The summed E-state index contributed by atoms with van der Waals surface area (Å²) in [7, 11) is 1.67. The van der Waals surface area contributed by atoms with Crippen LogP contribution in [0.5, 0.6) is 0 Å². The van der Waals surface area contributed by atoms with E-state index in [9.17, 15) is 0 Å². The Kier molecular flexibility index (Phi) is 10.1. The number of aryl methyl sites for hydroxylation is 1. The summed E-state index contributed by atoms with van der Waals surface area (Å²) in [5, 5.41) is 0. The average Bonchev–Trinajstić information content (AvgIpc) is 2.89. The Balaban J connectivity index is 2.01. The first kappa shape index (κ1) is 18.1. The molecule has 0 spiro atoms. The summed E-state index contributed by atoms with van der Waals surface area (Å²) in [5.74, 6) is 0.784. The number of methoxy groups -OCH3 is 1. The predicted octanol–water partition coefficient (Wildman–Crippen LogP) is 1.89. The van der Waals surface area contributed by atoms with Crippen LogP contribution in [0.4, 0.5) is 0 Å². The number of ether oxygens (including phenoxy) is 3. The van der Waals surface area contributed by atoms with Gasteiger partial charge in [0.15, 0.2) is 0 Å². The molecule has 0 bridgehead atoms. The molecule has 21 heavy (non-hydrogen) atoms. The molecule has 1 rings (SSSR count). The second-order valence-corrected chi connectivity index (χ2v) is 5.64. The molecule has 5 nitrogen and oxygen atoms in total. The van der Waals surface area contributed by atoms with Crippen LogP contribution in [-0.2, 0) is 27.3 Å². The highest BCUT2D eigenvalue weighted by atomic mass is 16.5. The Bertz CT molecular complexity index is 353. The van der Waals surface area contributed by atoms with Crippen LogP contribution in [-0.4, -0.2) is 44.7 Å². The van der Waals surface area contributed by atoms with Crippen LogP contribution in [0.15, 0.2) is 18.7 Å². The molecule has 0 saturated carbocycles. The van der Waals surface area contributed by atoms with Gasteiger partial charge in [0, 0.05) is 7.11 Å². The molecule has 0 aliphatic heterocycles. The van der Waals surface area contributed by atoms with Crippen LogP contribution in [0.25, 0.3) is 0 Å². The highest BCUT2D eigenvalue weighted by Gasteiger charge is 2.04. The second kappa shape index (κ2) is 11.7. The number of hydrogen-bond donors (Lipinski definition) is 0. The molecule has 0 aliphatic rings. The first-order valence-electron chi connectivity index (χ1n) is 7.91. The quantitative estimate of drug-likeness (QED) is 0.412. The van der Waals surface area contributed by atoms with Gasteiger partial charge in [-0.3, -0.25) is 0 Å². The third-order valence-corrected chi connectivity index (χ3v) is 3.24. The van der Waals surface area contributed by atoms with E-state index >= 15 is 0 Å². The van der Waals surface area contributed by atoms with Gasteiger partial charge in [-0.15, -0.1) is 0 Å². The number of hydrogen-bond acceptors (Lipinski definition) is 3. The van der Waals surface area contributed by atoms with Crippen molar-refractivity contribution < 1.29 is 18.8 Å². The van der Waals surface area contributed by atoms with Crippen LogP contribution in [0.2, 0.25) is 0 Å². The van der Waals surface area contributed by atoms with Crippen molar-refractivity contribution in [3.63, 3.8) is 0 Å². The largest absolute Gasteiger partial charge is 0.382 e. The molecule has 0 radical (unpaired) electrons. The fraction of sp³-hybridized carbons (Fsp3) is 0.812. The van der Waals surface area contributed by atoms with Gasteiger partial charge in [0.1, 0.15) is 18.9 Å². The molecule has 0 fully saturated rings. The molecule has 1 heterocycles. The number of imidazole rings is 1. The van der Waals surface area contributed by atoms with E-state index in [0.29, 0.717) is 33.0 Å². The van der Waals surface area contributed by atoms with E-state index in [1.807, 2.05) is 0 Å². The maximum Gasteiger partial charge on any atom is 0.243 e. The summed E-state index contributed by atoms with van der Waals surface area (Å²) >= 11 is 0. The van der Waals surface area contributed by atoms with Crippen molar-refractivity contribution in [3.8, 4) is 0 Å². The zero-order chi connectivity index (χ0) is 15.3. The highest BCUT2D eigenvalue weighted by molar-refractivity contribution is 4.65. The van der Waals surface area contributed by atoms with E-state index in [1.54, 1.807) is 7.11 Å². The molecule has 0 amide bonds. The Hall–Kier alpha value is -0.910.